The molecule has 0 aliphatic heterocycles. The summed E-state index contributed by atoms with van der Waals surface area (Å²) in [6.45, 7) is 1.80. The van der Waals surface area contributed by atoms with Gasteiger partial charge in [0.15, 0.2) is 0 Å². The van der Waals surface area contributed by atoms with Crippen molar-refractivity contribution < 1.29 is 13.6 Å². The average Bonchev–Trinajstić information content (AvgIpc) is 2.04. The van der Waals surface area contributed by atoms with Crippen molar-refractivity contribution in [1.29, 1.82) is 0 Å². The zero-order chi connectivity index (χ0) is 8.91. The van der Waals surface area contributed by atoms with E-state index in [1.807, 2.05) is 0 Å². The summed E-state index contributed by atoms with van der Waals surface area (Å²) < 4.78 is 20.8. The van der Waals surface area contributed by atoms with Gasteiger partial charge in [0.25, 0.3) is 0 Å². The minimum absolute atomic E-state index is 0.0827. The maximum Gasteiger partial charge on any atom is 0.331 e. The Balaban J connectivity index is 3.97. The van der Waals surface area contributed by atoms with Gasteiger partial charge in [0.2, 0.25) is 0 Å². The fourth-order valence-corrected chi connectivity index (χ4v) is 1.84. The standard InChI is InChI=1S/C5H15N2O3P/c1-5(7-6)4-11(8,9-2)10-3/h5,7H,4,6H2,1-3H3/t5-/m1/s1. The Bertz CT molecular complexity index is 145. The molecule has 3 N–H and O–H groups in total. The molecule has 0 aromatic heterocycles. The highest BCUT2D eigenvalue weighted by Crippen LogP contribution is 2.46. The van der Waals surface area contributed by atoms with E-state index >= 15 is 0 Å². The Labute approximate surface area is 66.7 Å². The Morgan fingerprint density at radius 2 is 2.00 bits per heavy atom. The van der Waals surface area contributed by atoms with Gasteiger partial charge in [-0.25, -0.2) is 0 Å². The molecule has 0 fully saturated rings. The molecule has 0 spiro atoms. The first-order valence-corrected chi connectivity index (χ1v) is 4.97. The summed E-state index contributed by atoms with van der Waals surface area (Å²) in [5, 5.41) is 0. The number of hydrogen-bond acceptors (Lipinski definition) is 5. The van der Waals surface area contributed by atoms with Crippen molar-refractivity contribution in [3.05, 3.63) is 0 Å². The second-order valence-corrected chi connectivity index (χ2v) is 4.54. The molecule has 0 bridgehead atoms. The van der Waals surface area contributed by atoms with Crippen LogP contribution in [0.4, 0.5) is 0 Å². The van der Waals surface area contributed by atoms with E-state index in [1.165, 1.54) is 14.2 Å². The molecule has 0 amide bonds. The predicted molar refractivity (Wildman–Crippen MR) is 43.3 cm³/mol. The highest BCUT2D eigenvalue weighted by atomic mass is 31.2. The second kappa shape index (κ2) is 4.85. The molecule has 5 nitrogen and oxygen atoms in total. The van der Waals surface area contributed by atoms with Crippen LogP contribution in [0.25, 0.3) is 0 Å². The molecule has 0 aliphatic carbocycles. The van der Waals surface area contributed by atoms with Crippen LogP contribution in [0.2, 0.25) is 0 Å². The molecule has 68 valence electrons. The monoisotopic (exact) mass is 182 g/mol. The molecule has 0 radical (unpaired) electrons. The summed E-state index contributed by atoms with van der Waals surface area (Å²) >= 11 is 0. The lowest BCUT2D eigenvalue weighted by molar-refractivity contribution is 0.272. The van der Waals surface area contributed by atoms with Gasteiger partial charge in [-0.2, -0.15) is 0 Å². The third-order valence-electron chi connectivity index (χ3n) is 1.34. The Morgan fingerprint density at radius 3 is 2.27 bits per heavy atom. The van der Waals surface area contributed by atoms with Crippen LogP contribution in [-0.2, 0) is 13.6 Å². The third-order valence-corrected chi connectivity index (χ3v) is 3.45. The molecular weight excluding hydrogens is 167 g/mol. The second-order valence-electron chi connectivity index (χ2n) is 2.23. The van der Waals surface area contributed by atoms with Crippen molar-refractivity contribution in [2.75, 3.05) is 20.4 Å². The fourth-order valence-electron chi connectivity index (χ4n) is 0.612. The van der Waals surface area contributed by atoms with Gasteiger partial charge in [-0.15, -0.1) is 0 Å². The Hall–Kier alpha value is 0.0700. The van der Waals surface area contributed by atoms with Gasteiger partial charge in [-0.05, 0) is 6.92 Å². The quantitative estimate of drug-likeness (QED) is 0.364. The topological polar surface area (TPSA) is 73.6 Å². The van der Waals surface area contributed by atoms with E-state index in [2.05, 4.69) is 5.43 Å². The zero-order valence-electron chi connectivity index (χ0n) is 7.03. The number of hydrogen-bond donors (Lipinski definition) is 2. The van der Waals surface area contributed by atoms with Gasteiger partial charge in [-0.3, -0.25) is 15.8 Å². The van der Waals surface area contributed by atoms with E-state index in [4.69, 9.17) is 14.9 Å². The number of rotatable bonds is 5. The van der Waals surface area contributed by atoms with Crippen LogP contribution in [0.1, 0.15) is 6.92 Å². The smallest absolute Gasteiger partial charge is 0.312 e. The third kappa shape index (κ3) is 3.84. The van der Waals surface area contributed by atoms with Crippen molar-refractivity contribution in [3.63, 3.8) is 0 Å². The lowest BCUT2D eigenvalue weighted by Crippen LogP contribution is -2.35. The lowest BCUT2D eigenvalue weighted by atomic mass is 10.4. The largest absolute Gasteiger partial charge is 0.331 e. The van der Waals surface area contributed by atoms with Crippen molar-refractivity contribution in [2.24, 2.45) is 5.84 Å². The van der Waals surface area contributed by atoms with Crippen molar-refractivity contribution in [3.8, 4) is 0 Å². The summed E-state index contributed by atoms with van der Waals surface area (Å²) in [7, 11) is -0.187. The fraction of sp³-hybridized carbons (Fsp3) is 1.00. The van der Waals surface area contributed by atoms with E-state index in [0.717, 1.165) is 0 Å². The van der Waals surface area contributed by atoms with Crippen molar-refractivity contribution >= 4 is 7.60 Å². The maximum absolute atomic E-state index is 11.4. The first-order valence-electron chi connectivity index (χ1n) is 3.24. The summed E-state index contributed by atoms with van der Waals surface area (Å²) in [6.07, 6.45) is 0.274. The summed E-state index contributed by atoms with van der Waals surface area (Å²) in [5.74, 6) is 5.11. The van der Waals surface area contributed by atoms with Crippen LogP contribution >= 0.6 is 7.60 Å². The average molecular weight is 182 g/mol. The van der Waals surface area contributed by atoms with Gasteiger partial charge in [0, 0.05) is 20.3 Å². The van der Waals surface area contributed by atoms with Crippen LogP contribution < -0.4 is 11.3 Å². The molecule has 0 heterocycles. The van der Waals surface area contributed by atoms with E-state index in [-0.39, 0.29) is 12.2 Å². The highest BCUT2D eigenvalue weighted by molar-refractivity contribution is 7.53. The van der Waals surface area contributed by atoms with E-state index < -0.39 is 7.60 Å². The molecule has 0 unspecified atom stereocenters. The SMILES string of the molecule is COP(=O)(C[C@@H](C)NN)OC. The van der Waals surface area contributed by atoms with Gasteiger partial charge in [-0.1, -0.05) is 0 Å². The van der Waals surface area contributed by atoms with Crippen LogP contribution in [0.5, 0.6) is 0 Å². The molecule has 11 heavy (non-hydrogen) atoms. The minimum Gasteiger partial charge on any atom is -0.312 e. The molecule has 0 aromatic rings. The first-order chi connectivity index (χ1) is 5.08. The van der Waals surface area contributed by atoms with Crippen molar-refractivity contribution in [2.45, 2.75) is 13.0 Å². The van der Waals surface area contributed by atoms with Gasteiger partial charge < -0.3 is 9.05 Å². The summed E-state index contributed by atoms with van der Waals surface area (Å²) in [4.78, 5) is 0. The molecule has 0 saturated carbocycles. The molecule has 1 atom stereocenters. The number of hydrazine groups is 1. The zero-order valence-corrected chi connectivity index (χ0v) is 7.93. The van der Waals surface area contributed by atoms with E-state index in [1.54, 1.807) is 6.92 Å². The molecular formula is C5H15N2O3P. The number of nitrogens with one attached hydrogen (secondary N) is 1. The molecule has 6 heteroatoms. The van der Waals surface area contributed by atoms with Crippen molar-refractivity contribution in [1.82, 2.24) is 5.43 Å². The van der Waals surface area contributed by atoms with Crippen LogP contribution in [0, 0.1) is 0 Å². The molecule has 0 aliphatic rings. The van der Waals surface area contributed by atoms with Gasteiger partial charge in [0.05, 0.1) is 6.16 Å². The van der Waals surface area contributed by atoms with Gasteiger partial charge >= 0.3 is 7.60 Å². The van der Waals surface area contributed by atoms with Crippen LogP contribution in [0.3, 0.4) is 0 Å². The summed E-state index contributed by atoms with van der Waals surface area (Å²) in [5.41, 5.74) is 2.46. The Kier molecular flexibility index (Phi) is 4.88. The van der Waals surface area contributed by atoms with Crippen LogP contribution in [0.15, 0.2) is 0 Å². The Morgan fingerprint density at radius 1 is 1.55 bits per heavy atom. The lowest BCUT2D eigenvalue weighted by Gasteiger charge is -2.17. The normalized spacial score (nSPS) is 14.9. The van der Waals surface area contributed by atoms with E-state index in [9.17, 15) is 4.57 Å². The highest BCUT2D eigenvalue weighted by Gasteiger charge is 2.23. The predicted octanol–water partition coefficient (Wildman–Crippen LogP) is 0.324. The molecule has 0 rings (SSSR count). The number of nitrogens with two attached hydrogens (primary N) is 1. The van der Waals surface area contributed by atoms with E-state index in [0.29, 0.717) is 0 Å². The van der Waals surface area contributed by atoms with Gasteiger partial charge in [0.1, 0.15) is 0 Å². The minimum atomic E-state index is -2.90. The maximum atomic E-state index is 11.4. The van der Waals surface area contributed by atoms with Crippen LogP contribution in [-0.4, -0.2) is 26.4 Å². The first kappa shape index (κ1) is 11.1. The molecule has 0 aromatic carbocycles. The summed E-state index contributed by atoms with van der Waals surface area (Å²) in [6, 6.07) is -0.0827. The molecule has 0 saturated heterocycles.